The molecule has 0 amide bonds. The van der Waals surface area contributed by atoms with Gasteiger partial charge in [-0.05, 0) is 48.6 Å². The fourth-order valence-corrected chi connectivity index (χ4v) is 5.44. The van der Waals surface area contributed by atoms with Crippen molar-refractivity contribution in [3.63, 3.8) is 0 Å². The van der Waals surface area contributed by atoms with Crippen LogP contribution in [0, 0.1) is 0 Å². The number of hydrogen-bond acceptors (Lipinski definition) is 1. The second kappa shape index (κ2) is 7.16. The molecule has 0 bridgehead atoms. The van der Waals surface area contributed by atoms with Crippen LogP contribution in [0.1, 0.15) is 12.8 Å². The first-order valence-electron chi connectivity index (χ1n) is 5.68. The predicted molar refractivity (Wildman–Crippen MR) is 84.7 cm³/mol. The van der Waals surface area contributed by atoms with Gasteiger partial charge in [-0.2, -0.15) is 0 Å². The summed E-state index contributed by atoms with van der Waals surface area (Å²) in [6.45, 7) is 7.56. The average Bonchev–Trinajstić information content (AvgIpc) is 2.34. The lowest BCUT2D eigenvalue weighted by Gasteiger charge is -2.21. The molecule has 0 saturated heterocycles. The molecule has 0 heterocycles. The molecule has 1 aromatic carbocycles. The Bertz CT molecular complexity index is 406. The van der Waals surface area contributed by atoms with E-state index in [1.807, 2.05) is 24.3 Å². The highest BCUT2D eigenvalue weighted by Gasteiger charge is 2.17. The van der Waals surface area contributed by atoms with Gasteiger partial charge in [0.15, 0.2) is 0 Å². The highest BCUT2D eigenvalue weighted by Crippen LogP contribution is 2.46. The van der Waals surface area contributed by atoms with Gasteiger partial charge in [-0.3, -0.25) is 0 Å². The van der Waals surface area contributed by atoms with Crippen LogP contribution in [0.2, 0.25) is 5.02 Å². The first-order chi connectivity index (χ1) is 8.12. The zero-order chi connectivity index (χ0) is 12.7. The zero-order valence-electron chi connectivity index (χ0n) is 9.94. The van der Waals surface area contributed by atoms with E-state index in [0.717, 1.165) is 30.2 Å². The molecule has 0 radical (unpaired) electrons. The van der Waals surface area contributed by atoms with Crippen LogP contribution in [0.4, 0.5) is 0 Å². The van der Waals surface area contributed by atoms with Crippen LogP contribution in [0.5, 0.6) is 0 Å². The van der Waals surface area contributed by atoms with E-state index in [9.17, 15) is 0 Å². The van der Waals surface area contributed by atoms with Gasteiger partial charge in [-0.25, -0.2) is 0 Å². The summed E-state index contributed by atoms with van der Waals surface area (Å²) < 4.78 is 0. The molecule has 0 aromatic heterocycles. The molecule has 0 spiro atoms. The van der Waals surface area contributed by atoms with Gasteiger partial charge in [0.2, 0.25) is 0 Å². The maximum absolute atomic E-state index is 5.92. The first-order valence-corrected chi connectivity index (χ1v) is 9.23. The van der Waals surface area contributed by atoms with Crippen molar-refractivity contribution in [1.29, 1.82) is 0 Å². The normalized spacial score (nSPS) is 11.1. The van der Waals surface area contributed by atoms with Crippen LogP contribution in [0.25, 0.3) is 0 Å². The second-order valence-corrected chi connectivity index (χ2v) is 9.69. The van der Waals surface area contributed by atoms with Gasteiger partial charge in [-0.1, -0.05) is 47.7 Å². The van der Waals surface area contributed by atoms with Crippen molar-refractivity contribution in [3.05, 3.63) is 54.6 Å². The smallest absolute Gasteiger partial charge is 0.0406 e. The minimum Gasteiger partial charge on any atom is -0.103 e. The van der Waals surface area contributed by atoms with E-state index in [2.05, 4.69) is 25.3 Å². The molecule has 0 fully saturated rings. The van der Waals surface area contributed by atoms with E-state index in [1.54, 1.807) is 0 Å². The Balaban J connectivity index is 2.95. The summed E-state index contributed by atoms with van der Waals surface area (Å²) in [5.74, 6) is 0. The largest absolute Gasteiger partial charge is 0.103 e. The summed E-state index contributed by atoms with van der Waals surface area (Å²) in [4.78, 5) is 0. The molecule has 92 valence electrons. The molecule has 0 aliphatic carbocycles. The van der Waals surface area contributed by atoms with Crippen LogP contribution in [-0.2, 0) is 11.8 Å². The lowest BCUT2D eigenvalue weighted by atomic mass is 10.4. The van der Waals surface area contributed by atoms with Crippen molar-refractivity contribution in [1.82, 2.24) is 0 Å². The van der Waals surface area contributed by atoms with Crippen molar-refractivity contribution in [3.8, 4) is 0 Å². The Morgan fingerprint density at radius 3 is 1.94 bits per heavy atom. The lowest BCUT2D eigenvalue weighted by Crippen LogP contribution is -2.10. The molecule has 0 N–H and O–H groups in total. The van der Waals surface area contributed by atoms with Crippen molar-refractivity contribution in [2.24, 2.45) is 0 Å². The summed E-state index contributed by atoms with van der Waals surface area (Å²) >= 11 is 11.8. The van der Waals surface area contributed by atoms with Crippen LogP contribution in [0.15, 0.2) is 49.6 Å². The number of benzene rings is 1. The summed E-state index contributed by atoms with van der Waals surface area (Å²) in [6, 6.07) is 6.53. The van der Waals surface area contributed by atoms with Crippen molar-refractivity contribution in [2.45, 2.75) is 12.8 Å². The minimum absolute atomic E-state index is 0.766. The molecule has 17 heavy (non-hydrogen) atoms. The number of halogens is 1. The molecule has 0 unspecified atom stereocenters. The number of rotatable bonds is 7. The fourth-order valence-electron chi connectivity index (χ4n) is 1.68. The SMILES string of the molecule is C=CCCP(=S)(CCC=C)c1ccc(Cl)cc1. The van der Waals surface area contributed by atoms with Crippen LogP contribution >= 0.6 is 17.6 Å². The molecule has 0 nitrogen and oxygen atoms in total. The molecule has 0 aliphatic rings. The van der Waals surface area contributed by atoms with E-state index >= 15 is 0 Å². The van der Waals surface area contributed by atoms with E-state index in [0.29, 0.717) is 0 Å². The molecule has 1 aromatic rings. The summed E-state index contributed by atoms with van der Waals surface area (Å²) in [5.41, 5.74) is 0. The maximum Gasteiger partial charge on any atom is 0.0406 e. The van der Waals surface area contributed by atoms with Gasteiger partial charge in [0.25, 0.3) is 0 Å². The molecule has 1 rings (SSSR count). The topological polar surface area (TPSA) is 0 Å². The monoisotopic (exact) mass is 284 g/mol. The molecule has 3 heteroatoms. The van der Waals surface area contributed by atoms with Gasteiger partial charge in [0.05, 0.1) is 0 Å². The highest BCUT2D eigenvalue weighted by molar-refractivity contribution is 8.18. The Morgan fingerprint density at radius 1 is 1.06 bits per heavy atom. The van der Waals surface area contributed by atoms with E-state index < -0.39 is 6.04 Å². The third-order valence-electron chi connectivity index (χ3n) is 2.69. The molecule has 0 saturated carbocycles. The molecular formula is C14H18ClPS. The van der Waals surface area contributed by atoms with Gasteiger partial charge in [-0.15, -0.1) is 13.2 Å². The Morgan fingerprint density at radius 2 is 1.53 bits per heavy atom. The summed E-state index contributed by atoms with van der Waals surface area (Å²) in [7, 11) is 0. The Labute approximate surface area is 114 Å². The second-order valence-electron chi connectivity index (χ2n) is 3.97. The van der Waals surface area contributed by atoms with Crippen molar-refractivity contribution < 1.29 is 0 Å². The van der Waals surface area contributed by atoms with Gasteiger partial charge in [0.1, 0.15) is 0 Å². The lowest BCUT2D eigenvalue weighted by molar-refractivity contribution is 1.18. The van der Waals surface area contributed by atoms with Crippen molar-refractivity contribution >= 4 is 34.8 Å². The fraction of sp³-hybridized carbons (Fsp3) is 0.286. The first kappa shape index (κ1) is 14.7. The number of allylic oxidation sites excluding steroid dienone is 2. The predicted octanol–water partition coefficient (Wildman–Crippen LogP) is 4.60. The number of hydrogen-bond donors (Lipinski definition) is 0. The summed E-state index contributed by atoms with van der Waals surface area (Å²) in [6.07, 6.45) is 7.95. The standard InChI is InChI=1S/C14H18ClPS/c1-3-5-11-16(17,12-6-4-2)14-9-7-13(15)8-10-14/h3-4,7-10H,1-2,5-6,11-12H2. The van der Waals surface area contributed by atoms with E-state index in [-0.39, 0.29) is 0 Å². The third kappa shape index (κ3) is 4.43. The quantitative estimate of drug-likeness (QED) is 0.521. The maximum atomic E-state index is 5.92. The summed E-state index contributed by atoms with van der Waals surface area (Å²) in [5, 5.41) is 2.04. The van der Waals surface area contributed by atoms with Gasteiger partial charge in [0, 0.05) is 5.02 Å². The van der Waals surface area contributed by atoms with Gasteiger partial charge >= 0.3 is 0 Å². The van der Waals surface area contributed by atoms with Crippen LogP contribution in [0.3, 0.4) is 0 Å². The third-order valence-corrected chi connectivity index (χ3v) is 7.87. The van der Waals surface area contributed by atoms with Crippen LogP contribution in [-0.4, -0.2) is 12.3 Å². The van der Waals surface area contributed by atoms with Crippen molar-refractivity contribution in [2.75, 3.05) is 12.3 Å². The highest BCUT2D eigenvalue weighted by atomic mass is 35.5. The Kier molecular flexibility index (Phi) is 6.19. The van der Waals surface area contributed by atoms with Crippen LogP contribution < -0.4 is 5.30 Å². The zero-order valence-corrected chi connectivity index (χ0v) is 12.4. The molecular weight excluding hydrogens is 267 g/mol. The van der Waals surface area contributed by atoms with E-state index in [1.165, 1.54) is 5.30 Å². The molecule has 0 atom stereocenters. The molecule has 0 aliphatic heterocycles. The van der Waals surface area contributed by atoms with Gasteiger partial charge < -0.3 is 0 Å². The Hall–Kier alpha value is -0.360. The van der Waals surface area contributed by atoms with E-state index in [4.69, 9.17) is 23.4 Å². The average molecular weight is 285 g/mol. The minimum atomic E-state index is -1.49.